The van der Waals surface area contributed by atoms with Gasteiger partial charge >= 0.3 is 0 Å². The molecule has 0 saturated carbocycles. The van der Waals surface area contributed by atoms with E-state index in [9.17, 15) is 15.0 Å². The summed E-state index contributed by atoms with van der Waals surface area (Å²) in [4.78, 5) is 11.5. The Labute approximate surface area is 90.5 Å². The van der Waals surface area contributed by atoms with E-state index in [2.05, 4.69) is 15.9 Å². The molecule has 0 atom stereocenters. The third kappa shape index (κ3) is 2.07. The Balaban J connectivity index is 3.18. The molecule has 4 heteroatoms. The number of phenols is 2. The first-order chi connectivity index (χ1) is 6.57. The van der Waals surface area contributed by atoms with Gasteiger partial charge in [-0.05, 0) is 34.5 Å². The van der Waals surface area contributed by atoms with Gasteiger partial charge in [0.25, 0.3) is 0 Å². The van der Waals surface area contributed by atoms with E-state index in [1.807, 2.05) is 6.92 Å². The van der Waals surface area contributed by atoms with E-state index in [1.54, 1.807) is 0 Å². The summed E-state index contributed by atoms with van der Waals surface area (Å²) < 4.78 is 0.412. The summed E-state index contributed by atoms with van der Waals surface area (Å²) >= 11 is 3.09. The van der Waals surface area contributed by atoms with Crippen molar-refractivity contribution in [2.45, 2.75) is 19.8 Å². The van der Waals surface area contributed by atoms with Crippen LogP contribution in [0.5, 0.6) is 11.5 Å². The summed E-state index contributed by atoms with van der Waals surface area (Å²) in [7, 11) is 0. The molecular formula is C10H11BrO3. The number of ketones is 1. The fourth-order valence-electron chi connectivity index (χ4n) is 1.18. The molecular weight excluding hydrogens is 248 g/mol. The lowest BCUT2D eigenvalue weighted by Gasteiger charge is -2.06. The van der Waals surface area contributed by atoms with Gasteiger partial charge in [-0.25, -0.2) is 0 Å². The molecule has 0 radical (unpaired) electrons. The Morgan fingerprint density at radius 3 is 2.64 bits per heavy atom. The van der Waals surface area contributed by atoms with E-state index in [-0.39, 0.29) is 22.8 Å². The minimum absolute atomic E-state index is 0.00113. The van der Waals surface area contributed by atoms with Crippen molar-refractivity contribution in [2.75, 3.05) is 0 Å². The molecule has 0 heterocycles. The molecule has 3 nitrogen and oxygen atoms in total. The Morgan fingerprint density at radius 1 is 1.43 bits per heavy atom. The third-order valence-electron chi connectivity index (χ3n) is 1.86. The molecule has 76 valence electrons. The SMILES string of the molecule is CCCC(=O)c1c(O)ccc(Br)c1O. The number of benzene rings is 1. The average Bonchev–Trinajstić information content (AvgIpc) is 2.13. The van der Waals surface area contributed by atoms with Crippen molar-refractivity contribution in [3.8, 4) is 11.5 Å². The van der Waals surface area contributed by atoms with Crippen molar-refractivity contribution < 1.29 is 15.0 Å². The Kier molecular flexibility index (Phi) is 3.52. The number of phenolic OH excluding ortho intramolecular Hbond substituents is 2. The van der Waals surface area contributed by atoms with Gasteiger partial charge in [0.1, 0.15) is 17.1 Å². The van der Waals surface area contributed by atoms with Gasteiger partial charge in [0.05, 0.1) is 4.47 Å². The van der Waals surface area contributed by atoms with Crippen LogP contribution < -0.4 is 0 Å². The number of hydrogen-bond donors (Lipinski definition) is 2. The number of aromatic hydroxyl groups is 2. The zero-order chi connectivity index (χ0) is 10.7. The van der Waals surface area contributed by atoms with Crippen molar-refractivity contribution >= 4 is 21.7 Å². The molecule has 0 aliphatic rings. The second kappa shape index (κ2) is 4.46. The van der Waals surface area contributed by atoms with Crippen LogP contribution in [-0.2, 0) is 0 Å². The summed E-state index contributed by atoms with van der Waals surface area (Å²) in [5, 5.41) is 19.0. The maximum absolute atomic E-state index is 11.5. The molecule has 0 spiro atoms. The zero-order valence-corrected chi connectivity index (χ0v) is 9.34. The van der Waals surface area contributed by atoms with Crippen LogP contribution in [-0.4, -0.2) is 16.0 Å². The Morgan fingerprint density at radius 2 is 2.07 bits per heavy atom. The van der Waals surface area contributed by atoms with E-state index in [0.29, 0.717) is 17.3 Å². The number of Topliss-reactive ketones (excluding diaryl/α,β-unsaturated/α-hetero) is 1. The van der Waals surface area contributed by atoms with Crippen LogP contribution in [0.2, 0.25) is 0 Å². The molecule has 0 aliphatic carbocycles. The molecule has 2 N–H and O–H groups in total. The minimum atomic E-state index is -0.246. The summed E-state index contributed by atoms with van der Waals surface area (Å²) in [6, 6.07) is 2.88. The van der Waals surface area contributed by atoms with Crippen molar-refractivity contribution in [3.63, 3.8) is 0 Å². The fraction of sp³-hybridized carbons (Fsp3) is 0.300. The summed E-state index contributed by atoms with van der Waals surface area (Å²) in [6.45, 7) is 1.87. The molecule has 14 heavy (non-hydrogen) atoms. The molecule has 0 aromatic heterocycles. The van der Waals surface area contributed by atoms with Crippen LogP contribution in [0.25, 0.3) is 0 Å². The first-order valence-corrected chi connectivity index (χ1v) is 5.10. The summed E-state index contributed by atoms with van der Waals surface area (Å²) in [5.41, 5.74) is 0.00113. The second-order valence-electron chi connectivity index (χ2n) is 2.96. The number of carbonyl (C=O) groups is 1. The molecule has 1 rings (SSSR count). The van der Waals surface area contributed by atoms with E-state index in [4.69, 9.17) is 0 Å². The zero-order valence-electron chi connectivity index (χ0n) is 7.75. The molecule has 0 amide bonds. The molecule has 1 aromatic rings. The smallest absolute Gasteiger partial charge is 0.170 e. The number of carbonyl (C=O) groups excluding carboxylic acids is 1. The Bertz CT molecular complexity index is 361. The predicted octanol–water partition coefficient (Wildman–Crippen LogP) is 2.84. The van der Waals surface area contributed by atoms with Gasteiger partial charge < -0.3 is 10.2 Å². The monoisotopic (exact) mass is 258 g/mol. The first kappa shape index (κ1) is 11.0. The van der Waals surface area contributed by atoms with Crippen LogP contribution in [0.4, 0.5) is 0 Å². The van der Waals surface area contributed by atoms with Crippen molar-refractivity contribution in [1.29, 1.82) is 0 Å². The highest BCUT2D eigenvalue weighted by Crippen LogP contribution is 2.34. The average molecular weight is 259 g/mol. The summed E-state index contributed by atoms with van der Waals surface area (Å²) in [6.07, 6.45) is 1.00. The van der Waals surface area contributed by atoms with Crippen LogP contribution in [0, 0.1) is 0 Å². The van der Waals surface area contributed by atoms with Crippen LogP contribution in [0.15, 0.2) is 16.6 Å². The highest BCUT2D eigenvalue weighted by atomic mass is 79.9. The maximum Gasteiger partial charge on any atom is 0.170 e. The van der Waals surface area contributed by atoms with Crippen molar-refractivity contribution in [3.05, 3.63) is 22.2 Å². The van der Waals surface area contributed by atoms with Gasteiger partial charge in [-0.15, -0.1) is 0 Å². The number of hydrogen-bond acceptors (Lipinski definition) is 3. The standard InChI is InChI=1S/C10H11BrO3/c1-2-3-7(12)9-8(13)5-4-6(11)10(9)14/h4-5,13-14H,2-3H2,1H3. The predicted molar refractivity (Wildman–Crippen MR) is 56.7 cm³/mol. The van der Waals surface area contributed by atoms with E-state index < -0.39 is 0 Å². The normalized spacial score (nSPS) is 10.1. The van der Waals surface area contributed by atoms with Crippen molar-refractivity contribution in [2.24, 2.45) is 0 Å². The van der Waals surface area contributed by atoms with Gasteiger partial charge in [-0.1, -0.05) is 6.92 Å². The van der Waals surface area contributed by atoms with Crippen molar-refractivity contribution in [1.82, 2.24) is 0 Å². The van der Waals surface area contributed by atoms with E-state index in [0.717, 1.165) is 0 Å². The van der Waals surface area contributed by atoms with Gasteiger partial charge in [-0.2, -0.15) is 0 Å². The molecule has 0 bridgehead atoms. The molecule has 0 fully saturated rings. The second-order valence-corrected chi connectivity index (χ2v) is 3.82. The Hall–Kier alpha value is -1.03. The number of halogens is 1. The first-order valence-electron chi connectivity index (χ1n) is 4.31. The van der Waals surface area contributed by atoms with Gasteiger partial charge in [0, 0.05) is 6.42 Å². The highest BCUT2D eigenvalue weighted by molar-refractivity contribution is 9.10. The van der Waals surface area contributed by atoms with Crippen LogP contribution in [0.1, 0.15) is 30.1 Å². The lowest BCUT2D eigenvalue weighted by molar-refractivity contribution is 0.0976. The maximum atomic E-state index is 11.5. The fourth-order valence-corrected chi connectivity index (χ4v) is 1.51. The van der Waals surface area contributed by atoms with Gasteiger partial charge in [0.2, 0.25) is 0 Å². The third-order valence-corrected chi connectivity index (χ3v) is 2.50. The topological polar surface area (TPSA) is 57.5 Å². The largest absolute Gasteiger partial charge is 0.507 e. The van der Waals surface area contributed by atoms with Crippen LogP contribution in [0.3, 0.4) is 0 Å². The molecule has 0 aliphatic heterocycles. The molecule has 0 saturated heterocycles. The minimum Gasteiger partial charge on any atom is -0.507 e. The van der Waals surface area contributed by atoms with E-state index >= 15 is 0 Å². The van der Waals surface area contributed by atoms with E-state index in [1.165, 1.54) is 12.1 Å². The number of rotatable bonds is 3. The quantitative estimate of drug-likeness (QED) is 0.820. The highest BCUT2D eigenvalue weighted by Gasteiger charge is 2.17. The molecule has 0 unspecified atom stereocenters. The van der Waals surface area contributed by atoms with Gasteiger partial charge in [-0.3, -0.25) is 4.79 Å². The van der Waals surface area contributed by atoms with Crippen LogP contribution >= 0.6 is 15.9 Å². The lowest BCUT2D eigenvalue weighted by atomic mass is 10.0. The summed E-state index contributed by atoms with van der Waals surface area (Å²) in [5.74, 6) is -0.614. The molecule has 1 aromatic carbocycles. The van der Waals surface area contributed by atoms with Gasteiger partial charge in [0.15, 0.2) is 5.78 Å². The lowest BCUT2D eigenvalue weighted by Crippen LogP contribution is -1.99.